The van der Waals surface area contributed by atoms with Crippen LogP contribution in [-0.4, -0.2) is 33.3 Å². The number of amides is 2. The molecular weight excluding hydrogens is 512 g/mol. The van der Waals surface area contributed by atoms with Gasteiger partial charge in [-0.25, -0.2) is 9.88 Å². The van der Waals surface area contributed by atoms with Crippen LogP contribution >= 0.6 is 0 Å². The van der Waals surface area contributed by atoms with E-state index < -0.39 is 17.7 Å². The molecule has 6 heteroatoms. The highest BCUT2D eigenvalue weighted by atomic mass is 16.2. The van der Waals surface area contributed by atoms with Crippen LogP contribution in [0, 0.1) is 0 Å². The highest BCUT2D eigenvalue weighted by molar-refractivity contribution is 6.30. The molecule has 0 radical (unpaired) electrons. The Balaban J connectivity index is 1.44. The lowest BCUT2D eigenvalue weighted by Gasteiger charge is -2.20. The van der Waals surface area contributed by atoms with Crippen LogP contribution in [0.3, 0.4) is 0 Å². The third-order valence-electron chi connectivity index (χ3n) is 7.69. The summed E-state index contributed by atoms with van der Waals surface area (Å²) in [7, 11) is 0. The number of imide groups is 1. The molecule has 2 heterocycles. The Kier molecular flexibility index (Phi) is 6.04. The van der Waals surface area contributed by atoms with Gasteiger partial charge in [0.15, 0.2) is 11.6 Å². The molecule has 6 nitrogen and oxygen atoms in total. The van der Waals surface area contributed by atoms with Crippen molar-refractivity contribution in [2.24, 2.45) is 0 Å². The number of aromatic nitrogens is 1. The molecule has 0 fully saturated rings. The van der Waals surface area contributed by atoms with Crippen molar-refractivity contribution < 1.29 is 19.2 Å². The maximum absolute atomic E-state index is 13.6. The molecule has 1 aliphatic carbocycles. The summed E-state index contributed by atoms with van der Waals surface area (Å²) in [6.45, 7) is 13.2. The van der Waals surface area contributed by atoms with Crippen LogP contribution in [0.25, 0.3) is 34.7 Å². The quantitative estimate of drug-likeness (QED) is 0.196. The van der Waals surface area contributed by atoms with Gasteiger partial charge < -0.3 is 0 Å². The van der Waals surface area contributed by atoms with Crippen molar-refractivity contribution in [1.82, 2.24) is 9.88 Å². The summed E-state index contributed by atoms with van der Waals surface area (Å²) in [5.74, 6) is -2.85. The molecule has 0 bridgehead atoms. The van der Waals surface area contributed by atoms with Gasteiger partial charge in [-0.05, 0) is 59.2 Å². The van der Waals surface area contributed by atoms with Gasteiger partial charge in [0.2, 0.25) is 0 Å². The first kappa shape index (κ1) is 25.8. The topological polar surface area (TPSA) is 84.4 Å². The number of ketones is 2. The number of allylic oxidation sites excluding steroid dienone is 1. The second-order valence-corrected chi connectivity index (χ2v) is 9.84. The molecule has 2 aliphatic rings. The van der Waals surface area contributed by atoms with Gasteiger partial charge in [-0.15, -0.1) is 0 Å². The standard InChI is InChI=1S/C35H24N2O4/c1-5-19-13-14-28(30-32(38)24-15-20(6-2)21(7-3)16-25(24)33(30)39)36-31(19)29(8-4)37-34(40)26-17-22-11-9-10-12-23(22)18-27(26)35(37)41/h5-18,30H,1-3H2,4H3/b29-8+. The van der Waals surface area contributed by atoms with E-state index in [-0.39, 0.29) is 28.7 Å². The van der Waals surface area contributed by atoms with Gasteiger partial charge in [-0.2, -0.15) is 0 Å². The van der Waals surface area contributed by atoms with Gasteiger partial charge >= 0.3 is 0 Å². The first-order valence-electron chi connectivity index (χ1n) is 13.1. The SMILES string of the molecule is C=Cc1cc2c(cc1C=C)C(=O)C(c1ccc(C=C)c(/C(=C\C)N3C(=O)c4cc5ccccc5cc4C3=O)n1)C2=O. The van der Waals surface area contributed by atoms with Gasteiger partial charge in [0.25, 0.3) is 11.8 Å². The molecule has 41 heavy (non-hydrogen) atoms. The fraction of sp³-hybridized carbons (Fsp3) is 0.0571. The summed E-state index contributed by atoms with van der Waals surface area (Å²) in [6, 6.07) is 17.6. The van der Waals surface area contributed by atoms with Crippen LogP contribution in [0.1, 0.15) is 82.4 Å². The summed E-state index contributed by atoms with van der Waals surface area (Å²) in [5, 5.41) is 1.69. The van der Waals surface area contributed by atoms with E-state index in [4.69, 9.17) is 4.98 Å². The van der Waals surface area contributed by atoms with Crippen molar-refractivity contribution in [3.63, 3.8) is 0 Å². The molecule has 0 saturated carbocycles. The zero-order chi connectivity index (χ0) is 29.0. The van der Waals surface area contributed by atoms with Crippen molar-refractivity contribution in [1.29, 1.82) is 0 Å². The van der Waals surface area contributed by atoms with Gasteiger partial charge in [0.05, 0.1) is 28.2 Å². The van der Waals surface area contributed by atoms with Crippen molar-refractivity contribution in [3.8, 4) is 0 Å². The summed E-state index contributed by atoms with van der Waals surface area (Å²) < 4.78 is 0. The fourth-order valence-electron chi connectivity index (χ4n) is 5.63. The maximum Gasteiger partial charge on any atom is 0.266 e. The van der Waals surface area contributed by atoms with E-state index in [1.165, 1.54) is 0 Å². The Labute approximate surface area is 236 Å². The first-order valence-corrected chi connectivity index (χ1v) is 13.1. The van der Waals surface area contributed by atoms with Crippen molar-refractivity contribution in [3.05, 3.63) is 137 Å². The molecular formula is C35H24N2O4. The number of fused-ring (bicyclic) bond motifs is 3. The van der Waals surface area contributed by atoms with Crippen LogP contribution in [-0.2, 0) is 0 Å². The predicted molar refractivity (Wildman–Crippen MR) is 160 cm³/mol. The van der Waals surface area contributed by atoms with Crippen molar-refractivity contribution in [2.75, 3.05) is 0 Å². The van der Waals surface area contributed by atoms with E-state index in [0.717, 1.165) is 15.7 Å². The normalized spacial score (nSPS) is 15.0. The molecule has 1 aliphatic heterocycles. The summed E-state index contributed by atoms with van der Waals surface area (Å²) in [5.41, 5.74) is 3.89. The average Bonchev–Trinajstić information content (AvgIpc) is 3.39. The Morgan fingerprint density at radius 3 is 1.68 bits per heavy atom. The van der Waals surface area contributed by atoms with E-state index in [1.54, 1.807) is 67.6 Å². The number of Topliss-reactive ketones (excluding diaryl/α,β-unsaturated/α-hetero) is 2. The molecule has 0 unspecified atom stereocenters. The molecule has 6 rings (SSSR count). The second-order valence-electron chi connectivity index (χ2n) is 9.84. The average molecular weight is 537 g/mol. The maximum atomic E-state index is 13.6. The molecule has 0 saturated heterocycles. The Morgan fingerprint density at radius 1 is 0.707 bits per heavy atom. The lowest BCUT2D eigenvalue weighted by atomic mass is 9.97. The molecule has 4 aromatic rings. The van der Waals surface area contributed by atoms with E-state index in [0.29, 0.717) is 38.9 Å². The van der Waals surface area contributed by atoms with Gasteiger partial charge in [-0.3, -0.25) is 19.2 Å². The lowest BCUT2D eigenvalue weighted by molar-refractivity contribution is 0.0733. The van der Waals surface area contributed by atoms with Crippen molar-refractivity contribution in [2.45, 2.75) is 12.8 Å². The highest BCUT2D eigenvalue weighted by Crippen LogP contribution is 2.38. The number of hydrogen-bond donors (Lipinski definition) is 0. The number of nitrogens with zero attached hydrogens (tertiary/aromatic N) is 2. The molecule has 0 spiro atoms. The number of rotatable bonds is 6. The molecule has 1 aromatic heterocycles. The third-order valence-corrected chi connectivity index (χ3v) is 7.69. The first-order chi connectivity index (χ1) is 19.8. The molecule has 198 valence electrons. The summed E-state index contributed by atoms with van der Waals surface area (Å²) in [4.78, 5) is 60.1. The van der Waals surface area contributed by atoms with E-state index in [9.17, 15) is 19.2 Å². The summed E-state index contributed by atoms with van der Waals surface area (Å²) in [6.07, 6.45) is 6.41. The molecule has 0 N–H and O–H groups in total. The summed E-state index contributed by atoms with van der Waals surface area (Å²) >= 11 is 0. The molecule has 2 amide bonds. The van der Waals surface area contributed by atoms with Crippen LogP contribution in [0.15, 0.2) is 86.5 Å². The molecule has 3 aromatic carbocycles. The molecule has 0 atom stereocenters. The van der Waals surface area contributed by atoms with Crippen LogP contribution in [0.5, 0.6) is 0 Å². The number of hydrogen-bond acceptors (Lipinski definition) is 5. The highest BCUT2D eigenvalue weighted by Gasteiger charge is 2.42. The monoisotopic (exact) mass is 536 g/mol. The minimum atomic E-state index is -1.16. The Morgan fingerprint density at radius 2 is 1.22 bits per heavy atom. The van der Waals surface area contributed by atoms with Gasteiger partial charge in [-0.1, -0.05) is 74.4 Å². The van der Waals surface area contributed by atoms with E-state index >= 15 is 0 Å². The van der Waals surface area contributed by atoms with E-state index in [1.807, 2.05) is 24.3 Å². The fourth-order valence-corrected chi connectivity index (χ4v) is 5.63. The number of carbonyl (C=O) groups excluding carboxylic acids is 4. The predicted octanol–water partition coefficient (Wildman–Crippen LogP) is 6.98. The zero-order valence-electron chi connectivity index (χ0n) is 22.3. The zero-order valence-corrected chi connectivity index (χ0v) is 22.3. The number of pyridine rings is 1. The number of carbonyl (C=O) groups is 4. The van der Waals surface area contributed by atoms with Crippen LogP contribution in [0.4, 0.5) is 0 Å². The third kappa shape index (κ3) is 3.76. The van der Waals surface area contributed by atoms with Gasteiger partial charge in [0.1, 0.15) is 5.92 Å². The number of benzene rings is 3. The minimum Gasteiger partial charge on any atom is -0.293 e. The van der Waals surface area contributed by atoms with Crippen molar-refractivity contribution >= 4 is 58.1 Å². The lowest BCUT2D eigenvalue weighted by Crippen LogP contribution is -2.29. The second kappa shape index (κ2) is 9.61. The minimum absolute atomic E-state index is 0.221. The van der Waals surface area contributed by atoms with Crippen LogP contribution in [0.2, 0.25) is 0 Å². The Hall–Kier alpha value is -5.49. The van der Waals surface area contributed by atoms with Gasteiger partial charge in [0, 0.05) is 16.7 Å². The largest absolute Gasteiger partial charge is 0.293 e. The van der Waals surface area contributed by atoms with Crippen LogP contribution < -0.4 is 0 Å². The smallest absolute Gasteiger partial charge is 0.266 e. The Bertz CT molecular complexity index is 1840. The van der Waals surface area contributed by atoms with E-state index in [2.05, 4.69) is 19.7 Å².